The SMILES string of the molecule is C=CCn1c(SCC(=O)N2[C@H](C)CCC[C@@H]2C)nnc1-c1ccccc1OC. The zero-order valence-electron chi connectivity index (χ0n) is 16.8. The number of thioether (sulfide) groups is 1. The standard InChI is InChI=1S/C21H28N4O2S/c1-5-13-24-20(17-11-6-7-12-18(17)27-4)22-23-21(24)28-14-19(26)25-15(2)9-8-10-16(25)3/h5-7,11-12,15-16H,1,8-10,13-14H2,2-4H3/t15-,16+. The van der Waals surface area contributed by atoms with Crippen molar-refractivity contribution in [2.45, 2.75) is 56.9 Å². The van der Waals surface area contributed by atoms with Gasteiger partial charge in [0, 0.05) is 18.6 Å². The fourth-order valence-electron chi connectivity index (χ4n) is 3.83. The van der Waals surface area contributed by atoms with Crippen LogP contribution in [0, 0.1) is 0 Å². The number of benzene rings is 1. The van der Waals surface area contributed by atoms with Crippen molar-refractivity contribution in [1.82, 2.24) is 19.7 Å². The van der Waals surface area contributed by atoms with E-state index in [2.05, 4.69) is 30.6 Å². The number of amides is 1. The van der Waals surface area contributed by atoms with Crippen LogP contribution in [-0.4, -0.2) is 50.5 Å². The zero-order chi connectivity index (χ0) is 20.1. The molecule has 1 fully saturated rings. The van der Waals surface area contributed by atoms with Gasteiger partial charge in [0.05, 0.1) is 18.4 Å². The van der Waals surface area contributed by atoms with Crippen LogP contribution >= 0.6 is 11.8 Å². The van der Waals surface area contributed by atoms with E-state index >= 15 is 0 Å². The number of likely N-dealkylation sites (tertiary alicyclic amines) is 1. The van der Waals surface area contributed by atoms with E-state index in [0.717, 1.165) is 24.2 Å². The Balaban J connectivity index is 1.80. The van der Waals surface area contributed by atoms with Gasteiger partial charge in [-0.1, -0.05) is 30.0 Å². The van der Waals surface area contributed by atoms with Crippen molar-refractivity contribution in [3.05, 3.63) is 36.9 Å². The van der Waals surface area contributed by atoms with Crippen molar-refractivity contribution in [2.24, 2.45) is 0 Å². The van der Waals surface area contributed by atoms with Crippen molar-refractivity contribution in [3.63, 3.8) is 0 Å². The van der Waals surface area contributed by atoms with Crippen LogP contribution in [0.5, 0.6) is 5.75 Å². The maximum absolute atomic E-state index is 12.8. The molecule has 0 N–H and O–H groups in total. The molecule has 0 saturated carbocycles. The Morgan fingerprint density at radius 1 is 1.29 bits per heavy atom. The number of carbonyl (C=O) groups is 1. The highest BCUT2D eigenvalue weighted by Crippen LogP contribution is 2.31. The molecule has 28 heavy (non-hydrogen) atoms. The molecule has 0 unspecified atom stereocenters. The Hall–Kier alpha value is -2.28. The van der Waals surface area contributed by atoms with Crippen molar-refractivity contribution >= 4 is 17.7 Å². The lowest BCUT2D eigenvalue weighted by Crippen LogP contribution is -2.48. The van der Waals surface area contributed by atoms with E-state index in [1.54, 1.807) is 7.11 Å². The first-order chi connectivity index (χ1) is 13.6. The first-order valence-corrected chi connectivity index (χ1v) is 10.7. The summed E-state index contributed by atoms with van der Waals surface area (Å²) in [6.45, 7) is 8.69. The second-order valence-electron chi connectivity index (χ2n) is 7.12. The molecule has 1 amide bonds. The average molecular weight is 401 g/mol. The Bertz CT molecular complexity index is 826. The summed E-state index contributed by atoms with van der Waals surface area (Å²) in [5, 5.41) is 9.43. The number of hydrogen-bond donors (Lipinski definition) is 0. The summed E-state index contributed by atoms with van der Waals surface area (Å²) >= 11 is 1.43. The second-order valence-corrected chi connectivity index (χ2v) is 8.07. The fraction of sp³-hybridized carbons (Fsp3) is 0.476. The third-order valence-electron chi connectivity index (χ3n) is 5.18. The highest BCUT2D eigenvalue weighted by Gasteiger charge is 2.29. The number of rotatable bonds is 7. The molecular formula is C21H28N4O2S. The molecule has 3 rings (SSSR count). The molecule has 2 aromatic rings. The molecule has 1 aromatic carbocycles. The van der Waals surface area contributed by atoms with Gasteiger partial charge in [-0.05, 0) is 45.2 Å². The normalized spacial score (nSPS) is 19.5. The van der Waals surface area contributed by atoms with Gasteiger partial charge in [0.25, 0.3) is 0 Å². The molecule has 0 aliphatic carbocycles. The van der Waals surface area contributed by atoms with Gasteiger partial charge in [0.2, 0.25) is 5.91 Å². The number of allylic oxidation sites excluding steroid dienone is 1. The second kappa shape index (κ2) is 9.28. The number of hydrogen-bond acceptors (Lipinski definition) is 5. The third kappa shape index (κ3) is 4.24. The van der Waals surface area contributed by atoms with E-state index in [-0.39, 0.29) is 5.91 Å². The van der Waals surface area contributed by atoms with Crippen LogP contribution in [0.2, 0.25) is 0 Å². The lowest BCUT2D eigenvalue weighted by molar-refractivity contribution is -0.134. The van der Waals surface area contributed by atoms with Crippen molar-refractivity contribution in [1.29, 1.82) is 0 Å². The Labute approximate surface area is 171 Å². The first kappa shape index (κ1) is 20.5. The Kier molecular flexibility index (Phi) is 6.78. The average Bonchev–Trinajstić information content (AvgIpc) is 3.09. The topological polar surface area (TPSA) is 60.2 Å². The number of piperidine rings is 1. The van der Waals surface area contributed by atoms with Crippen molar-refractivity contribution < 1.29 is 9.53 Å². The molecule has 0 spiro atoms. The maximum Gasteiger partial charge on any atom is 0.233 e. The van der Waals surface area contributed by atoms with Crippen molar-refractivity contribution in [2.75, 3.05) is 12.9 Å². The van der Waals surface area contributed by atoms with Gasteiger partial charge in [-0.15, -0.1) is 16.8 Å². The lowest BCUT2D eigenvalue weighted by Gasteiger charge is -2.39. The summed E-state index contributed by atoms with van der Waals surface area (Å²) in [5.41, 5.74) is 0.871. The van der Waals surface area contributed by atoms with E-state index < -0.39 is 0 Å². The lowest BCUT2D eigenvalue weighted by atomic mass is 9.98. The number of carbonyl (C=O) groups excluding carboxylic acids is 1. The Morgan fingerprint density at radius 2 is 2.00 bits per heavy atom. The molecule has 2 atom stereocenters. The van der Waals surface area contributed by atoms with Gasteiger partial charge in [-0.25, -0.2) is 0 Å². The van der Waals surface area contributed by atoms with E-state index in [9.17, 15) is 4.79 Å². The minimum atomic E-state index is 0.164. The largest absolute Gasteiger partial charge is 0.496 e. The van der Waals surface area contributed by atoms with Gasteiger partial charge < -0.3 is 9.64 Å². The quantitative estimate of drug-likeness (QED) is 0.519. The molecule has 7 heteroatoms. The van der Waals surface area contributed by atoms with Crippen LogP contribution in [0.3, 0.4) is 0 Å². The van der Waals surface area contributed by atoms with Gasteiger partial charge in [0.1, 0.15) is 5.75 Å². The summed E-state index contributed by atoms with van der Waals surface area (Å²) in [7, 11) is 1.64. The molecule has 1 aliphatic rings. The number of methoxy groups -OCH3 is 1. The third-order valence-corrected chi connectivity index (χ3v) is 6.13. The molecule has 2 heterocycles. The molecular weight excluding hydrogens is 372 g/mol. The predicted molar refractivity (Wildman–Crippen MR) is 113 cm³/mol. The van der Waals surface area contributed by atoms with E-state index in [0.29, 0.717) is 35.4 Å². The number of para-hydroxylation sites is 1. The predicted octanol–water partition coefficient (Wildman–Crippen LogP) is 4.02. The molecule has 0 bridgehead atoms. The zero-order valence-corrected chi connectivity index (χ0v) is 17.6. The van der Waals surface area contributed by atoms with Crippen LogP contribution in [-0.2, 0) is 11.3 Å². The Morgan fingerprint density at radius 3 is 2.68 bits per heavy atom. The maximum atomic E-state index is 12.8. The highest BCUT2D eigenvalue weighted by molar-refractivity contribution is 7.99. The molecule has 1 aromatic heterocycles. The van der Waals surface area contributed by atoms with E-state index in [1.165, 1.54) is 18.2 Å². The van der Waals surface area contributed by atoms with Crippen LogP contribution in [0.25, 0.3) is 11.4 Å². The molecule has 6 nitrogen and oxygen atoms in total. The van der Waals surface area contributed by atoms with E-state index in [4.69, 9.17) is 4.74 Å². The summed E-state index contributed by atoms with van der Waals surface area (Å²) < 4.78 is 7.45. The fourth-order valence-corrected chi connectivity index (χ4v) is 4.65. The van der Waals surface area contributed by atoms with Gasteiger partial charge in [-0.2, -0.15) is 0 Å². The summed E-state index contributed by atoms with van der Waals surface area (Å²) in [6, 6.07) is 8.32. The van der Waals surface area contributed by atoms with Crippen LogP contribution in [0.15, 0.2) is 42.1 Å². The molecule has 1 aliphatic heterocycles. The molecule has 150 valence electrons. The van der Waals surface area contributed by atoms with Crippen LogP contribution in [0.1, 0.15) is 33.1 Å². The summed E-state index contributed by atoms with van der Waals surface area (Å²) in [6.07, 6.45) is 5.15. The monoisotopic (exact) mass is 400 g/mol. The van der Waals surface area contributed by atoms with E-state index in [1.807, 2.05) is 39.8 Å². The highest BCUT2D eigenvalue weighted by atomic mass is 32.2. The van der Waals surface area contributed by atoms with Gasteiger partial charge in [0.15, 0.2) is 11.0 Å². The number of nitrogens with zero attached hydrogens (tertiary/aromatic N) is 4. The van der Waals surface area contributed by atoms with Crippen LogP contribution < -0.4 is 4.74 Å². The van der Waals surface area contributed by atoms with Crippen LogP contribution in [0.4, 0.5) is 0 Å². The summed E-state index contributed by atoms with van der Waals surface area (Å²) in [5.74, 6) is 1.98. The molecule has 0 radical (unpaired) electrons. The smallest absolute Gasteiger partial charge is 0.233 e. The first-order valence-electron chi connectivity index (χ1n) is 9.68. The van der Waals surface area contributed by atoms with Gasteiger partial charge in [-0.3, -0.25) is 9.36 Å². The summed E-state index contributed by atoms with van der Waals surface area (Å²) in [4.78, 5) is 14.9. The van der Waals surface area contributed by atoms with Gasteiger partial charge >= 0.3 is 0 Å². The number of ether oxygens (including phenoxy) is 1. The minimum absolute atomic E-state index is 0.164. The minimum Gasteiger partial charge on any atom is -0.496 e. The molecule has 1 saturated heterocycles. The van der Waals surface area contributed by atoms with Crippen molar-refractivity contribution in [3.8, 4) is 17.1 Å². The number of aromatic nitrogens is 3.